The van der Waals surface area contributed by atoms with Crippen molar-refractivity contribution in [1.29, 1.82) is 0 Å². The van der Waals surface area contributed by atoms with Gasteiger partial charge in [-0.25, -0.2) is 17.9 Å². The van der Waals surface area contributed by atoms with Gasteiger partial charge in [0.1, 0.15) is 0 Å². The van der Waals surface area contributed by atoms with Gasteiger partial charge in [-0.3, -0.25) is 0 Å². The van der Waals surface area contributed by atoms with Crippen molar-refractivity contribution in [2.75, 3.05) is 0 Å². The number of rotatable bonds is 7. The molecule has 10 heteroatoms. The highest BCUT2D eigenvalue weighted by Gasteiger charge is 2.28. The molecule has 0 amide bonds. The van der Waals surface area contributed by atoms with Crippen molar-refractivity contribution in [2.45, 2.75) is 36.8 Å². The molecule has 4 rings (SSSR count). The van der Waals surface area contributed by atoms with E-state index in [-0.39, 0.29) is 22.4 Å². The van der Waals surface area contributed by atoms with E-state index in [1.807, 2.05) is 17.5 Å². The fraction of sp³-hybridized carbons (Fsp3) is 0.278. The Hall–Kier alpha value is -2.56. The molecule has 1 aliphatic rings. The van der Waals surface area contributed by atoms with Crippen molar-refractivity contribution in [3.8, 4) is 10.7 Å². The van der Waals surface area contributed by atoms with Crippen molar-refractivity contribution in [2.24, 2.45) is 0 Å². The summed E-state index contributed by atoms with van der Waals surface area (Å²) < 4.78 is 37.8. The Morgan fingerprint density at radius 2 is 2.14 bits per heavy atom. The van der Waals surface area contributed by atoms with Crippen molar-refractivity contribution in [3.05, 3.63) is 53.2 Å². The summed E-state index contributed by atoms with van der Waals surface area (Å²) in [6, 6.07) is 9.45. The Labute approximate surface area is 165 Å². The van der Waals surface area contributed by atoms with Gasteiger partial charge in [-0.2, -0.15) is 4.98 Å². The summed E-state index contributed by atoms with van der Waals surface area (Å²) in [5.41, 5.74) is 0.128. The monoisotopic (exact) mass is 419 g/mol. The summed E-state index contributed by atoms with van der Waals surface area (Å²) in [4.78, 5) is 17.6. The van der Waals surface area contributed by atoms with Gasteiger partial charge in [-0.15, -0.1) is 11.3 Å². The van der Waals surface area contributed by atoms with Gasteiger partial charge in [-0.1, -0.05) is 17.3 Å². The lowest BCUT2D eigenvalue weighted by Crippen LogP contribution is -2.26. The van der Waals surface area contributed by atoms with Crippen molar-refractivity contribution < 1.29 is 22.5 Å². The molecule has 0 spiro atoms. The summed E-state index contributed by atoms with van der Waals surface area (Å²) in [5, 5.41) is 5.78. The van der Waals surface area contributed by atoms with E-state index in [0.29, 0.717) is 5.82 Å². The van der Waals surface area contributed by atoms with Gasteiger partial charge in [0.05, 0.1) is 15.3 Å². The molecule has 1 fully saturated rings. The number of ether oxygens (including phenoxy) is 1. The van der Waals surface area contributed by atoms with Crippen LogP contribution in [0.15, 0.2) is 51.2 Å². The van der Waals surface area contributed by atoms with Gasteiger partial charge in [0, 0.05) is 6.04 Å². The molecule has 0 saturated heterocycles. The Morgan fingerprint density at radius 1 is 1.32 bits per heavy atom. The molecule has 1 N–H and O–H groups in total. The molecule has 0 bridgehead atoms. The average molecular weight is 419 g/mol. The number of esters is 1. The largest absolute Gasteiger partial charge is 0.449 e. The smallest absolute Gasteiger partial charge is 0.338 e. The minimum Gasteiger partial charge on any atom is -0.449 e. The van der Waals surface area contributed by atoms with Crippen LogP contribution in [0, 0.1) is 0 Å². The lowest BCUT2D eigenvalue weighted by molar-refractivity contribution is 0.0265. The number of nitrogens with one attached hydrogen (secondary N) is 1. The number of nitrogens with zero attached hydrogens (tertiary/aromatic N) is 2. The molecule has 3 aromatic rings. The zero-order chi connectivity index (χ0) is 19.7. The second-order valence-corrected chi connectivity index (χ2v) is 9.07. The highest BCUT2D eigenvalue weighted by atomic mass is 32.2. The van der Waals surface area contributed by atoms with Gasteiger partial charge >= 0.3 is 5.97 Å². The van der Waals surface area contributed by atoms with Crippen LogP contribution in [0.2, 0.25) is 0 Å². The van der Waals surface area contributed by atoms with Crippen LogP contribution < -0.4 is 4.72 Å². The molecular formula is C18H17N3O5S2. The van der Waals surface area contributed by atoms with E-state index in [1.165, 1.54) is 35.6 Å². The molecule has 8 nitrogen and oxygen atoms in total. The fourth-order valence-corrected chi connectivity index (χ4v) is 4.46. The van der Waals surface area contributed by atoms with Crippen LogP contribution in [-0.2, 0) is 14.8 Å². The fourth-order valence-electron chi connectivity index (χ4n) is 2.46. The first kappa shape index (κ1) is 18.8. The van der Waals surface area contributed by atoms with E-state index < -0.39 is 22.1 Å². The Balaban J connectivity index is 1.47. The summed E-state index contributed by atoms with van der Waals surface area (Å²) in [7, 11) is -3.65. The van der Waals surface area contributed by atoms with Crippen LogP contribution in [0.5, 0.6) is 0 Å². The first-order chi connectivity index (χ1) is 13.4. The Morgan fingerprint density at radius 3 is 2.86 bits per heavy atom. The lowest BCUT2D eigenvalue weighted by atomic mass is 10.2. The maximum Gasteiger partial charge on any atom is 0.338 e. The van der Waals surface area contributed by atoms with Gasteiger partial charge in [0.2, 0.25) is 15.8 Å². The zero-order valence-corrected chi connectivity index (χ0v) is 16.5. The number of hydrogen-bond donors (Lipinski definition) is 1. The third-order valence-electron chi connectivity index (χ3n) is 4.09. The highest BCUT2D eigenvalue weighted by Crippen LogP contribution is 2.25. The van der Waals surface area contributed by atoms with Crippen LogP contribution in [0.25, 0.3) is 10.7 Å². The molecule has 2 heterocycles. The molecule has 0 radical (unpaired) electrons. The maximum atomic E-state index is 12.5. The van der Waals surface area contributed by atoms with Gasteiger partial charge < -0.3 is 9.26 Å². The number of carbonyl (C=O) groups excluding carboxylic acids is 1. The van der Waals surface area contributed by atoms with E-state index >= 15 is 0 Å². The molecular weight excluding hydrogens is 402 g/mol. The number of hydrogen-bond acceptors (Lipinski definition) is 8. The van der Waals surface area contributed by atoms with E-state index in [9.17, 15) is 13.2 Å². The van der Waals surface area contributed by atoms with Crippen LogP contribution in [-0.4, -0.2) is 30.6 Å². The molecule has 1 aromatic carbocycles. The number of thiophene rings is 1. The average Bonchev–Trinajstić information content (AvgIpc) is 3.15. The van der Waals surface area contributed by atoms with E-state index in [2.05, 4.69) is 14.9 Å². The van der Waals surface area contributed by atoms with Crippen molar-refractivity contribution in [1.82, 2.24) is 14.9 Å². The SMILES string of the molecule is C[C@H](OC(=O)c1cccc(S(=O)(=O)NC2CC2)c1)c1nc(-c2cccs2)no1. The van der Waals surface area contributed by atoms with E-state index in [0.717, 1.165) is 17.7 Å². The van der Waals surface area contributed by atoms with Crippen molar-refractivity contribution >= 4 is 27.3 Å². The summed E-state index contributed by atoms with van der Waals surface area (Å²) in [6.45, 7) is 1.61. The van der Waals surface area contributed by atoms with E-state index in [4.69, 9.17) is 9.26 Å². The van der Waals surface area contributed by atoms with Crippen LogP contribution in [0.4, 0.5) is 0 Å². The highest BCUT2D eigenvalue weighted by molar-refractivity contribution is 7.89. The summed E-state index contributed by atoms with van der Waals surface area (Å²) >= 11 is 1.47. The minimum absolute atomic E-state index is 0.0179. The number of carbonyl (C=O) groups is 1. The third kappa shape index (κ3) is 4.13. The first-order valence-corrected chi connectivity index (χ1v) is 11.0. The topological polar surface area (TPSA) is 111 Å². The number of aromatic nitrogens is 2. The molecule has 0 unspecified atom stereocenters. The van der Waals surface area contributed by atoms with Gasteiger partial charge in [0.25, 0.3) is 5.89 Å². The maximum absolute atomic E-state index is 12.5. The van der Waals surface area contributed by atoms with Crippen LogP contribution in [0.3, 0.4) is 0 Å². The van der Waals surface area contributed by atoms with Crippen LogP contribution >= 0.6 is 11.3 Å². The van der Waals surface area contributed by atoms with Crippen molar-refractivity contribution in [3.63, 3.8) is 0 Å². The molecule has 146 valence electrons. The standard InChI is InChI=1S/C18H17N3O5S2/c1-11(17-19-16(20-26-17)15-6-3-9-27-15)25-18(22)12-4-2-5-14(10-12)28(23,24)21-13-7-8-13/h2-6,9-11,13,21H,7-8H2,1H3/t11-/m0/s1. The summed E-state index contributed by atoms with van der Waals surface area (Å²) in [5.74, 6) is -0.0880. The Bertz CT molecular complexity index is 1090. The minimum atomic E-state index is -3.65. The van der Waals surface area contributed by atoms with Gasteiger partial charge in [0.15, 0.2) is 6.10 Å². The molecule has 0 aliphatic heterocycles. The van der Waals surface area contributed by atoms with Crippen LogP contribution in [0.1, 0.15) is 42.1 Å². The quantitative estimate of drug-likeness (QED) is 0.586. The first-order valence-electron chi connectivity index (χ1n) is 8.63. The van der Waals surface area contributed by atoms with E-state index in [1.54, 1.807) is 6.92 Å². The Kier molecular flexibility index (Phi) is 5.00. The molecule has 1 aliphatic carbocycles. The molecule has 1 saturated carbocycles. The predicted molar refractivity (Wildman–Crippen MR) is 101 cm³/mol. The zero-order valence-electron chi connectivity index (χ0n) is 14.9. The number of sulfonamides is 1. The second-order valence-electron chi connectivity index (χ2n) is 6.40. The summed E-state index contributed by atoms with van der Waals surface area (Å²) in [6.07, 6.45) is 0.880. The second kappa shape index (κ2) is 7.46. The molecule has 28 heavy (non-hydrogen) atoms. The molecule has 2 aromatic heterocycles. The molecule has 1 atom stereocenters. The third-order valence-corrected chi connectivity index (χ3v) is 6.48. The normalized spacial score (nSPS) is 15.3. The number of benzene rings is 1. The van der Waals surface area contributed by atoms with Gasteiger partial charge in [-0.05, 0) is 49.4 Å². The lowest BCUT2D eigenvalue weighted by Gasteiger charge is -2.10. The predicted octanol–water partition coefficient (Wildman–Crippen LogP) is 3.16.